The number of rotatable bonds is 7. The molecule has 2 aromatic rings. The second-order valence-electron chi connectivity index (χ2n) is 8.08. The van der Waals surface area contributed by atoms with Crippen LogP contribution in [0.4, 0.5) is 5.82 Å². The van der Waals surface area contributed by atoms with Crippen molar-refractivity contribution < 1.29 is 4.79 Å². The summed E-state index contributed by atoms with van der Waals surface area (Å²) in [5, 5.41) is 3.35. The Morgan fingerprint density at radius 1 is 1.18 bits per heavy atom. The third-order valence-corrected chi connectivity index (χ3v) is 5.27. The molecular formula is C23H32N4O. The Morgan fingerprint density at radius 3 is 2.68 bits per heavy atom. The van der Waals surface area contributed by atoms with Gasteiger partial charge in [0.25, 0.3) is 5.91 Å². The highest BCUT2D eigenvalue weighted by Crippen LogP contribution is 2.20. The molecule has 0 saturated carbocycles. The van der Waals surface area contributed by atoms with Crippen molar-refractivity contribution in [2.45, 2.75) is 39.8 Å². The SMILES string of the molecule is CC(C)CCNc1ncccc1C(=O)N1CCN(Cc2ccccc2)C[C@@H]1C. The maximum Gasteiger partial charge on any atom is 0.257 e. The van der Waals surface area contributed by atoms with Gasteiger partial charge in [-0.25, -0.2) is 4.98 Å². The van der Waals surface area contributed by atoms with Gasteiger partial charge in [0.1, 0.15) is 5.82 Å². The number of anilines is 1. The third-order valence-electron chi connectivity index (χ3n) is 5.27. The van der Waals surface area contributed by atoms with Crippen molar-refractivity contribution in [1.29, 1.82) is 0 Å². The van der Waals surface area contributed by atoms with Crippen LogP contribution in [0.1, 0.15) is 43.1 Å². The topological polar surface area (TPSA) is 48.5 Å². The zero-order valence-corrected chi connectivity index (χ0v) is 17.3. The standard InChI is InChI=1S/C23H32N4O/c1-18(2)11-13-25-22-21(10-7-12-24-22)23(28)27-15-14-26(16-19(27)3)17-20-8-5-4-6-9-20/h4-10,12,18-19H,11,13-17H2,1-3H3,(H,24,25)/t19-/m0/s1. The fourth-order valence-corrected chi connectivity index (χ4v) is 3.67. The molecule has 2 heterocycles. The lowest BCUT2D eigenvalue weighted by Gasteiger charge is -2.40. The molecule has 150 valence electrons. The average Bonchev–Trinajstić information content (AvgIpc) is 2.68. The van der Waals surface area contributed by atoms with E-state index in [0.717, 1.165) is 39.1 Å². The number of piperazine rings is 1. The van der Waals surface area contributed by atoms with Gasteiger partial charge in [-0.1, -0.05) is 44.2 Å². The first kappa shape index (κ1) is 20.3. The molecule has 3 rings (SSSR count). The summed E-state index contributed by atoms with van der Waals surface area (Å²) in [4.78, 5) is 22.1. The van der Waals surface area contributed by atoms with Crippen molar-refractivity contribution in [3.8, 4) is 0 Å². The summed E-state index contributed by atoms with van der Waals surface area (Å²) in [5.74, 6) is 1.40. The first-order valence-corrected chi connectivity index (χ1v) is 10.3. The molecule has 5 nitrogen and oxygen atoms in total. The van der Waals surface area contributed by atoms with Crippen molar-refractivity contribution in [3.05, 3.63) is 59.8 Å². The van der Waals surface area contributed by atoms with Gasteiger partial charge in [-0.3, -0.25) is 9.69 Å². The Morgan fingerprint density at radius 2 is 1.96 bits per heavy atom. The molecule has 0 unspecified atom stereocenters. The van der Waals surface area contributed by atoms with Gasteiger partial charge >= 0.3 is 0 Å². The molecule has 1 aliphatic rings. The van der Waals surface area contributed by atoms with E-state index >= 15 is 0 Å². The van der Waals surface area contributed by atoms with Crippen LogP contribution in [0.2, 0.25) is 0 Å². The second-order valence-corrected chi connectivity index (χ2v) is 8.08. The maximum absolute atomic E-state index is 13.2. The Balaban J connectivity index is 1.62. The van der Waals surface area contributed by atoms with E-state index in [9.17, 15) is 4.79 Å². The lowest BCUT2D eigenvalue weighted by Crippen LogP contribution is -2.53. The molecule has 1 aromatic carbocycles. The van der Waals surface area contributed by atoms with Crippen LogP contribution in [0.15, 0.2) is 48.7 Å². The first-order chi connectivity index (χ1) is 13.5. The van der Waals surface area contributed by atoms with Gasteiger partial charge < -0.3 is 10.2 Å². The first-order valence-electron chi connectivity index (χ1n) is 10.3. The number of hydrogen-bond acceptors (Lipinski definition) is 4. The zero-order chi connectivity index (χ0) is 19.9. The van der Waals surface area contributed by atoms with E-state index in [0.29, 0.717) is 17.3 Å². The number of nitrogens with zero attached hydrogens (tertiary/aromatic N) is 3. The summed E-state index contributed by atoms with van der Waals surface area (Å²) in [5.41, 5.74) is 1.99. The van der Waals surface area contributed by atoms with Crippen LogP contribution < -0.4 is 5.32 Å². The summed E-state index contributed by atoms with van der Waals surface area (Å²) in [7, 11) is 0. The Kier molecular flexibility index (Phi) is 7.04. The molecule has 1 N–H and O–H groups in total. The summed E-state index contributed by atoms with van der Waals surface area (Å²) in [6, 6.07) is 14.4. The molecule has 1 amide bonds. The molecule has 0 radical (unpaired) electrons. The van der Waals surface area contributed by atoms with E-state index in [4.69, 9.17) is 0 Å². The van der Waals surface area contributed by atoms with Crippen LogP contribution in [0.3, 0.4) is 0 Å². The van der Waals surface area contributed by atoms with Gasteiger partial charge in [-0.05, 0) is 37.0 Å². The molecule has 5 heteroatoms. The van der Waals surface area contributed by atoms with Crippen LogP contribution in [0.5, 0.6) is 0 Å². The number of nitrogens with one attached hydrogen (secondary N) is 1. The summed E-state index contributed by atoms with van der Waals surface area (Å²) in [6.45, 7) is 10.8. The predicted octanol–water partition coefficient (Wildman–Crippen LogP) is 3.89. The smallest absolute Gasteiger partial charge is 0.257 e. The number of aromatic nitrogens is 1. The maximum atomic E-state index is 13.2. The number of carbonyl (C=O) groups excluding carboxylic acids is 1. The molecule has 1 fully saturated rings. The minimum Gasteiger partial charge on any atom is -0.369 e. The van der Waals surface area contributed by atoms with Crippen molar-refractivity contribution in [2.24, 2.45) is 5.92 Å². The number of amides is 1. The van der Waals surface area contributed by atoms with Crippen molar-refractivity contribution in [1.82, 2.24) is 14.8 Å². The summed E-state index contributed by atoms with van der Waals surface area (Å²) < 4.78 is 0. The lowest BCUT2D eigenvalue weighted by atomic mass is 10.1. The number of hydrogen-bond donors (Lipinski definition) is 1. The van der Waals surface area contributed by atoms with E-state index in [1.54, 1.807) is 6.20 Å². The number of pyridine rings is 1. The monoisotopic (exact) mass is 380 g/mol. The van der Waals surface area contributed by atoms with E-state index in [1.807, 2.05) is 23.1 Å². The zero-order valence-electron chi connectivity index (χ0n) is 17.3. The van der Waals surface area contributed by atoms with Gasteiger partial charge in [-0.15, -0.1) is 0 Å². The van der Waals surface area contributed by atoms with E-state index in [-0.39, 0.29) is 11.9 Å². The molecule has 0 bridgehead atoms. The number of carbonyl (C=O) groups is 1. The average molecular weight is 381 g/mol. The lowest BCUT2D eigenvalue weighted by molar-refractivity contribution is 0.0476. The summed E-state index contributed by atoms with van der Waals surface area (Å²) >= 11 is 0. The minimum absolute atomic E-state index is 0.0759. The van der Waals surface area contributed by atoms with Crippen LogP contribution in [0.25, 0.3) is 0 Å². The van der Waals surface area contributed by atoms with Gasteiger partial charge in [-0.2, -0.15) is 0 Å². The molecule has 0 spiro atoms. The normalized spacial score (nSPS) is 17.7. The van der Waals surface area contributed by atoms with E-state index in [2.05, 4.69) is 60.2 Å². The van der Waals surface area contributed by atoms with Crippen molar-refractivity contribution in [3.63, 3.8) is 0 Å². The van der Waals surface area contributed by atoms with Crippen molar-refractivity contribution >= 4 is 11.7 Å². The summed E-state index contributed by atoms with van der Waals surface area (Å²) in [6.07, 6.45) is 2.80. The molecular weight excluding hydrogens is 348 g/mol. The fraction of sp³-hybridized carbons (Fsp3) is 0.478. The minimum atomic E-state index is 0.0759. The number of benzene rings is 1. The Labute approximate surface area is 168 Å². The van der Waals surface area contributed by atoms with Crippen LogP contribution in [-0.4, -0.2) is 52.9 Å². The molecule has 1 saturated heterocycles. The van der Waals surface area contributed by atoms with Gasteiger partial charge in [0.05, 0.1) is 5.56 Å². The molecule has 1 aliphatic heterocycles. The van der Waals surface area contributed by atoms with E-state index in [1.165, 1.54) is 5.56 Å². The second kappa shape index (κ2) is 9.69. The molecule has 28 heavy (non-hydrogen) atoms. The van der Waals surface area contributed by atoms with Crippen LogP contribution in [-0.2, 0) is 6.54 Å². The Bertz CT molecular complexity index is 762. The third kappa shape index (κ3) is 5.32. The molecule has 0 aliphatic carbocycles. The largest absolute Gasteiger partial charge is 0.369 e. The highest BCUT2D eigenvalue weighted by Gasteiger charge is 2.29. The highest BCUT2D eigenvalue weighted by atomic mass is 16.2. The van der Waals surface area contributed by atoms with Crippen molar-refractivity contribution in [2.75, 3.05) is 31.5 Å². The quantitative estimate of drug-likeness (QED) is 0.792. The van der Waals surface area contributed by atoms with E-state index < -0.39 is 0 Å². The van der Waals surface area contributed by atoms with Gasteiger partial charge in [0.2, 0.25) is 0 Å². The highest BCUT2D eigenvalue weighted by molar-refractivity contribution is 5.99. The Hall–Kier alpha value is -2.40. The van der Waals surface area contributed by atoms with Crippen LogP contribution >= 0.6 is 0 Å². The molecule has 1 aromatic heterocycles. The van der Waals surface area contributed by atoms with Gasteiger partial charge in [0, 0.05) is 45.0 Å². The molecule has 1 atom stereocenters. The fourth-order valence-electron chi connectivity index (χ4n) is 3.67. The van der Waals surface area contributed by atoms with Crippen LogP contribution in [0, 0.1) is 5.92 Å². The van der Waals surface area contributed by atoms with Gasteiger partial charge in [0.15, 0.2) is 0 Å². The predicted molar refractivity (Wildman–Crippen MR) is 114 cm³/mol.